The Morgan fingerprint density at radius 2 is 1.28 bits per heavy atom. The van der Waals surface area contributed by atoms with Crippen molar-refractivity contribution in [2.45, 2.75) is 55.2 Å². The van der Waals surface area contributed by atoms with E-state index >= 15 is 0 Å². The number of sulfonamides is 2. The number of rotatable bonds is 6. The summed E-state index contributed by atoms with van der Waals surface area (Å²) >= 11 is 0. The number of benzene rings is 2. The fraction of sp³-hybridized carbons (Fsp3) is 0.429. The molecular formula is C21H28N2O4S2. The Balaban J connectivity index is 1.75. The Morgan fingerprint density at radius 1 is 0.759 bits per heavy atom. The number of anilines is 1. The molecule has 8 heteroatoms. The number of nitrogens with one attached hydrogen (secondary N) is 1. The normalized spacial score (nSPS) is 16.5. The van der Waals surface area contributed by atoms with Crippen molar-refractivity contribution >= 4 is 25.7 Å². The minimum atomic E-state index is -3.74. The third-order valence-corrected chi connectivity index (χ3v) is 8.48. The van der Waals surface area contributed by atoms with Crippen molar-refractivity contribution in [1.29, 1.82) is 0 Å². The minimum absolute atomic E-state index is 0.170. The molecular weight excluding hydrogens is 408 g/mol. The van der Waals surface area contributed by atoms with Gasteiger partial charge in [0.05, 0.1) is 9.79 Å². The van der Waals surface area contributed by atoms with Crippen LogP contribution in [0.1, 0.15) is 51.0 Å². The van der Waals surface area contributed by atoms with Crippen LogP contribution in [0.5, 0.6) is 0 Å². The Hall–Kier alpha value is -1.90. The fourth-order valence-corrected chi connectivity index (χ4v) is 5.95. The number of hydrogen-bond acceptors (Lipinski definition) is 4. The van der Waals surface area contributed by atoms with Crippen LogP contribution < -0.4 is 4.72 Å². The van der Waals surface area contributed by atoms with Crippen LogP contribution in [0.25, 0.3) is 0 Å². The first-order valence-corrected chi connectivity index (χ1v) is 12.9. The molecule has 0 radical (unpaired) electrons. The molecule has 1 N–H and O–H groups in total. The molecule has 1 saturated heterocycles. The van der Waals surface area contributed by atoms with Gasteiger partial charge < -0.3 is 0 Å². The van der Waals surface area contributed by atoms with Crippen LogP contribution in [0.3, 0.4) is 0 Å². The summed E-state index contributed by atoms with van der Waals surface area (Å²) in [5.74, 6) is 0.318. The summed E-state index contributed by atoms with van der Waals surface area (Å²) in [6, 6.07) is 12.7. The Kier molecular flexibility index (Phi) is 6.65. The standard InChI is InChI=1S/C21H28N2O4S2/c1-17(2)18-7-11-20(12-8-18)28(24,25)22-19-9-13-21(14-10-19)29(26,27)23-15-5-3-4-6-16-23/h7-14,17,22H,3-6,15-16H2,1-2H3. The van der Waals surface area contributed by atoms with E-state index in [9.17, 15) is 16.8 Å². The number of nitrogens with zero attached hydrogens (tertiary/aromatic N) is 1. The highest BCUT2D eigenvalue weighted by molar-refractivity contribution is 7.92. The van der Waals surface area contributed by atoms with Crippen LogP contribution in [0.4, 0.5) is 5.69 Å². The highest BCUT2D eigenvalue weighted by Gasteiger charge is 2.25. The molecule has 3 rings (SSSR count). The van der Waals surface area contributed by atoms with E-state index in [0.29, 0.717) is 24.7 Å². The van der Waals surface area contributed by atoms with Gasteiger partial charge in [-0.3, -0.25) is 4.72 Å². The van der Waals surface area contributed by atoms with Crippen molar-refractivity contribution in [2.24, 2.45) is 0 Å². The van der Waals surface area contributed by atoms with Gasteiger partial charge in [0.25, 0.3) is 10.0 Å². The lowest BCUT2D eigenvalue weighted by Crippen LogP contribution is -2.31. The maximum absolute atomic E-state index is 12.8. The number of hydrogen-bond donors (Lipinski definition) is 1. The molecule has 1 fully saturated rings. The second-order valence-corrected chi connectivity index (χ2v) is 11.3. The van der Waals surface area contributed by atoms with Crippen LogP contribution in [-0.2, 0) is 20.0 Å². The van der Waals surface area contributed by atoms with Crippen molar-refractivity contribution in [1.82, 2.24) is 4.31 Å². The third kappa shape index (κ3) is 5.18. The maximum Gasteiger partial charge on any atom is 0.261 e. The second-order valence-electron chi connectivity index (χ2n) is 7.67. The average Bonchev–Trinajstić information content (AvgIpc) is 2.98. The predicted molar refractivity (Wildman–Crippen MR) is 115 cm³/mol. The lowest BCUT2D eigenvalue weighted by molar-refractivity contribution is 0.424. The van der Waals surface area contributed by atoms with Crippen LogP contribution in [0.2, 0.25) is 0 Å². The minimum Gasteiger partial charge on any atom is -0.280 e. The van der Waals surface area contributed by atoms with Gasteiger partial charge in [0.1, 0.15) is 0 Å². The van der Waals surface area contributed by atoms with Crippen molar-refractivity contribution in [3.05, 3.63) is 54.1 Å². The second kappa shape index (κ2) is 8.85. The molecule has 0 aromatic heterocycles. The van der Waals surface area contributed by atoms with E-state index in [1.54, 1.807) is 24.3 Å². The zero-order valence-corrected chi connectivity index (χ0v) is 18.5. The first kappa shape index (κ1) is 21.8. The van der Waals surface area contributed by atoms with Gasteiger partial charge in [-0.05, 0) is 60.7 Å². The van der Waals surface area contributed by atoms with E-state index in [-0.39, 0.29) is 9.79 Å². The summed E-state index contributed by atoms with van der Waals surface area (Å²) in [6.07, 6.45) is 3.83. The van der Waals surface area contributed by atoms with Crippen molar-refractivity contribution in [3.63, 3.8) is 0 Å². The summed E-state index contributed by atoms with van der Waals surface area (Å²) in [6.45, 7) is 5.15. The SMILES string of the molecule is CC(C)c1ccc(S(=O)(=O)Nc2ccc(S(=O)(=O)N3CCCCCC3)cc2)cc1. The molecule has 1 aliphatic rings. The molecule has 0 spiro atoms. The van der Waals surface area contributed by atoms with Crippen molar-refractivity contribution in [2.75, 3.05) is 17.8 Å². The van der Waals surface area contributed by atoms with Crippen LogP contribution in [0.15, 0.2) is 58.3 Å². The lowest BCUT2D eigenvalue weighted by Gasteiger charge is -2.20. The molecule has 0 bridgehead atoms. The average molecular weight is 437 g/mol. The van der Waals surface area contributed by atoms with Gasteiger partial charge in [-0.2, -0.15) is 4.31 Å². The summed E-state index contributed by atoms with van der Waals surface area (Å²) in [5.41, 5.74) is 1.39. The molecule has 2 aromatic carbocycles. The lowest BCUT2D eigenvalue weighted by atomic mass is 10.0. The van der Waals surface area contributed by atoms with E-state index in [4.69, 9.17) is 0 Å². The molecule has 0 aliphatic carbocycles. The molecule has 6 nitrogen and oxygen atoms in total. The predicted octanol–water partition coefficient (Wildman–Crippen LogP) is 4.18. The molecule has 0 saturated carbocycles. The first-order valence-electron chi connectivity index (χ1n) is 9.93. The molecule has 1 aliphatic heterocycles. The van der Waals surface area contributed by atoms with E-state index in [0.717, 1.165) is 31.2 Å². The molecule has 2 aromatic rings. The van der Waals surface area contributed by atoms with E-state index < -0.39 is 20.0 Å². The van der Waals surface area contributed by atoms with E-state index in [1.807, 2.05) is 13.8 Å². The van der Waals surface area contributed by atoms with Crippen LogP contribution >= 0.6 is 0 Å². The zero-order chi connectivity index (χ0) is 21.1. The Bertz CT molecular complexity index is 1020. The van der Waals surface area contributed by atoms with E-state index in [1.165, 1.54) is 28.6 Å². The quantitative estimate of drug-likeness (QED) is 0.736. The maximum atomic E-state index is 12.8. The van der Waals surface area contributed by atoms with Gasteiger partial charge in [-0.15, -0.1) is 0 Å². The molecule has 1 heterocycles. The molecule has 29 heavy (non-hydrogen) atoms. The van der Waals surface area contributed by atoms with Gasteiger partial charge >= 0.3 is 0 Å². The van der Waals surface area contributed by atoms with Crippen molar-refractivity contribution < 1.29 is 16.8 Å². The fourth-order valence-electron chi connectivity index (χ4n) is 3.37. The highest BCUT2D eigenvalue weighted by atomic mass is 32.2. The van der Waals surface area contributed by atoms with Gasteiger partial charge in [0.2, 0.25) is 10.0 Å². The third-order valence-electron chi connectivity index (χ3n) is 5.17. The zero-order valence-electron chi connectivity index (χ0n) is 16.8. The van der Waals surface area contributed by atoms with Gasteiger partial charge in [-0.1, -0.05) is 38.8 Å². The summed E-state index contributed by atoms with van der Waals surface area (Å²) in [7, 11) is -7.29. The monoisotopic (exact) mass is 436 g/mol. The summed E-state index contributed by atoms with van der Waals surface area (Å²) < 4.78 is 54.9. The molecule has 0 amide bonds. The molecule has 158 valence electrons. The van der Waals surface area contributed by atoms with Gasteiger partial charge in [0, 0.05) is 18.8 Å². The van der Waals surface area contributed by atoms with Gasteiger partial charge in [-0.25, -0.2) is 16.8 Å². The topological polar surface area (TPSA) is 83.5 Å². The largest absolute Gasteiger partial charge is 0.280 e. The Labute approximate surface area is 174 Å². The van der Waals surface area contributed by atoms with Crippen LogP contribution in [0, 0.1) is 0 Å². The Morgan fingerprint density at radius 3 is 1.79 bits per heavy atom. The molecule has 0 unspecified atom stereocenters. The van der Waals surface area contributed by atoms with E-state index in [2.05, 4.69) is 4.72 Å². The first-order chi connectivity index (χ1) is 13.7. The summed E-state index contributed by atoms with van der Waals surface area (Å²) in [5, 5.41) is 0. The highest BCUT2D eigenvalue weighted by Crippen LogP contribution is 2.24. The van der Waals surface area contributed by atoms with Gasteiger partial charge in [0.15, 0.2) is 0 Å². The van der Waals surface area contributed by atoms with Crippen molar-refractivity contribution in [3.8, 4) is 0 Å². The molecule has 0 atom stereocenters. The van der Waals surface area contributed by atoms with Crippen LogP contribution in [-0.4, -0.2) is 34.2 Å². The summed E-state index contributed by atoms with van der Waals surface area (Å²) in [4.78, 5) is 0.354. The smallest absolute Gasteiger partial charge is 0.261 e.